The molecule has 0 amide bonds. The quantitative estimate of drug-likeness (QED) is 0.0197. The highest BCUT2D eigenvalue weighted by Crippen LogP contribution is 2.26. The fourth-order valence-corrected chi connectivity index (χ4v) is 7.75. The highest BCUT2D eigenvalue weighted by Gasteiger charge is 2.48. The summed E-state index contributed by atoms with van der Waals surface area (Å²) in [5.74, 6) is -0.429. The van der Waals surface area contributed by atoms with E-state index in [9.17, 15) is 33.1 Å². The van der Waals surface area contributed by atoms with Crippen LogP contribution in [0.3, 0.4) is 0 Å². The van der Waals surface area contributed by atoms with Gasteiger partial charge >= 0.3 is 16.4 Å². The summed E-state index contributed by atoms with van der Waals surface area (Å²) in [6, 6.07) is 0. The Hall–Kier alpha value is -2.72. The molecule has 0 aliphatic carbocycles. The van der Waals surface area contributed by atoms with E-state index in [1.807, 2.05) is 12.2 Å². The molecule has 1 rings (SSSR count). The largest absolute Gasteiger partial charge is 0.457 e. The van der Waals surface area contributed by atoms with Crippen molar-refractivity contribution >= 4 is 16.4 Å². The van der Waals surface area contributed by atoms with Crippen molar-refractivity contribution in [3.63, 3.8) is 0 Å². The predicted octanol–water partition coefficient (Wildman–Crippen LogP) is 11.6. The molecular formula is C53H90O12S. The molecule has 0 aromatic carbocycles. The van der Waals surface area contributed by atoms with E-state index in [4.69, 9.17) is 18.9 Å². The number of aliphatic hydroxyl groups excluding tert-OH is 3. The summed E-state index contributed by atoms with van der Waals surface area (Å²) in [6.45, 7) is 3.64. The van der Waals surface area contributed by atoms with Crippen LogP contribution in [0.4, 0.5) is 0 Å². The number of hydrogen-bond acceptors (Lipinski definition) is 11. The van der Waals surface area contributed by atoms with Gasteiger partial charge in [-0.2, -0.15) is 8.42 Å². The van der Waals surface area contributed by atoms with Crippen molar-refractivity contribution < 1.29 is 56.2 Å². The van der Waals surface area contributed by atoms with Crippen LogP contribution >= 0.6 is 0 Å². The van der Waals surface area contributed by atoms with Gasteiger partial charge in [0.1, 0.15) is 30.5 Å². The van der Waals surface area contributed by atoms with Gasteiger partial charge in [0, 0.05) is 6.42 Å². The Kier molecular flexibility index (Phi) is 40.4. The number of ether oxygens (including phenoxy) is 4. The second-order valence-electron chi connectivity index (χ2n) is 17.0. The molecule has 6 unspecified atom stereocenters. The van der Waals surface area contributed by atoms with Crippen molar-refractivity contribution in [3.8, 4) is 0 Å². The monoisotopic (exact) mass is 951 g/mol. The molecule has 0 aromatic heterocycles. The van der Waals surface area contributed by atoms with Crippen LogP contribution in [0, 0.1) is 0 Å². The molecular weight excluding hydrogens is 861 g/mol. The highest BCUT2D eigenvalue weighted by molar-refractivity contribution is 7.80. The van der Waals surface area contributed by atoms with Crippen LogP contribution in [-0.2, 0) is 38.3 Å². The molecule has 0 spiro atoms. The van der Waals surface area contributed by atoms with E-state index in [1.54, 1.807) is 0 Å². The summed E-state index contributed by atoms with van der Waals surface area (Å²) in [5.41, 5.74) is 0. The molecule has 380 valence electrons. The van der Waals surface area contributed by atoms with Crippen molar-refractivity contribution in [1.29, 1.82) is 0 Å². The Balaban J connectivity index is 2.40. The smallest absolute Gasteiger partial charge is 0.397 e. The normalized spacial score (nSPS) is 20.2. The van der Waals surface area contributed by atoms with Crippen molar-refractivity contribution in [3.05, 3.63) is 85.1 Å². The number of allylic oxidation sites excluding steroid dienone is 13. The maximum Gasteiger partial charge on any atom is 0.397 e. The molecule has 12 nitrogen and oxygen atoms in total. The van der Waals surface area contributed by atoms with Gasteiger partial charge < -0.3 is 34.3 Å². The molecule has 1 aliphatic rings. The van der Waals surface area contributed by atoms with E-state index in [-0.39, 0.29) is 19.6 Å². The van der Waals surface area contributed by atoms with E-state index >= 15 is 0 Å². The average molecular weight is 951 g/mol. The summed E-state index contributed by atoms with van der Waals surface area (Å²) in [7, 11) is -5.08. The summed E-state index contributed by atoms with van der Waals surface area (Å²) in [5, 5.41) is 30.7. The maximum atomic E-state index is 12.9. The second kappa shape index (κ2) is 43.6. The predicted molar refractivity (Wildman–Crippen MR) is 266 cm³/mol. The first kappa shape index (κ1) is 61.3. The third-order valence-corrected chi connectivity index (χ3v) is 11.5. The number of aliphatic hydroxyl groups is 3. The zero-order valence-electron chi connectivity index (χ0n) is 40.7. The summed E-state index contributed by atoms with van der Waals surface area (Å²) < 4.78 is 59.1. The molecule has 0 radical (unpaired) electrons. The average Bonchev–Trinajstić information content (AvgIpc) is 3.29. The molecule has 0 saturated carbocycles. The standard InChI is InChI=1S/C53H90O12S/c1-3-5-7-9-11-13-15-17-19-21-22-23-24-25-26-27-28-30-32-34-36-38-40-42-49(55)63-47(46-62-53-51(57)52(65-66(58,59)60)50(56)48(44-54)64-53)45-61-43-41-39-37-35-33-31-29-20-18-16-14-12-10-8-6-4-2/h6,8,12,14-15,17-18,20-22,31,33,37,39,47-48,50-54,56-57H,3-5,7,9-11,13,16,19,23-30,32,34-36,38,40-46H2,1-2H3,(H,58,59,60)/b8-6-,14-12-,17-15-,20-18-,22-21-,33-31-,39-37-. The first-order chi connectivity index (χ1) is 32.1. The Morgan fingerprint density at radius 2 is 1.05 bits per heavy atom. The molecule has 6 atom stereocenters. The fourth-order valence-electron chi connectivity index (χ4n) is 7.24. The number of unbranched alkanes of at least 4 members (excludes halogenated alkanes) is 16. The molecule has 1 aliphatic heterocycles. The van der Waals surface area contributed by atoms with Crippen molar-refractivity contribution in [2.45, 2.75) is 218 Å². The highest BCUT2D eigenvalue weighted by atomic mass is 32.3. The van der Waals surface area contributed by atoms with Gasteiger partial charge in [0.25, 0.3) is 0 Å². The zero-order valence-corrected chi connectivity index (χ0v) is 41.5. The molecule has 1 heterocycles. The first-order valence-corrected chi connectivity index (χ1v) is 26.7. The molecule has 1 saturated heterocycles. The minimum absolute atomic E-state index is 0.0233. The van der Waals surface area contributed by atoms with Crippen LogP contribution in [0.5, 0.6) is 0 Å². The van der Waals surface area contributed by atoms with Gasteiger partial charge in [-0.1, -0.05) is 182 Å². The maximum absolute atomic E-state index is 12.9. The lowest BCUT2D eigenvalue weighted by molar-refractivity contribution is -0.301. The minimum Gasteiger partial charge on any atom is -0.457 e. The summed E-state index contributed by atoms with van der Waals surface area (Å²) in [6.07, 6.45) is 49.3. The molecule has 13 heteroatoms. The van der Waals surface area contributed by atoms with E-state index in [2.05, 4.69) is 90.9 Å². The van der Waals surface area contributed by atoms with Crippen LogP contribution < -0.4 is 0 Å². The van der Waals surface area contributed by atoms with Crippen LogP contribution in [0.2, 0.25) is 0 Å². The van der Waals surface area contributed by atoms with Gasteiger partial charge in [0.2, 0.25) is 0 Å². The number of hydrogen-bond donors (Lipinski definition) is 4. The number of carbonyl (C=O) groups is 1. The first-order valence-electron chi connectivity index (χ1n) is 25.3. The van der Waals surface area contributed by atoms with E-state index in [1.165, 1.54) is 89.9 Å². The molecule has 0 bridgehead atoms. The molecule has 66 heavy (non-hydrogen) atoms. The van der Waals surface area contributed by atoms with E-state index < -0.39 is 59.8 Å². The van der Waals surface area contributed by atoms with Gasteiger partial charge in [-0.15, -0.1) is 0 Å². The van der Waals surface area contributed by atoms with Gasteiger partial charge in [-0.25, -0.2) is 4.18 Å². The molecule has 1 fully saturated rings. The van der Waals surface area contributed by atoms with Crippen molar-refractivity contribution in [2.24, 2.45) is 0 Å². The fraction of sp³-hybridized carbons (Fsp3) is 0.717. The van der Waals surface area contributed by atoms with E-state index in [0.717, 1.165) is 57.8 Å². The van der Waals surface area contributed by atoms with Gasteiger partial charge in [-0.3, -0.25) is 9.35 Å². The van der Waals surface area contributed by atoms with Gasteiger partial charge in [-0.05, 0) is 77.0 Å². The van der Waals surface area contributed by atoms with Gasteiger partial charge in [0.15, 0.2) is 6.29 Å². The lowest BCUT2D eigenvalue weighted by Crippen LogP contribution is -2.60. The second-order valence-corrected chi connectivity index (χ2v) is 18.1. The van der Waals surface area contributed by atoms with E-state index in [0.29, 0.717) is 19.4 Å². The van der Waals surface area contributed by atoms with Crippen molar-refractivity contribution in [2.75, 3.05) is 26.4 Å². The Morgan fingerprint density at radius 3 is 1.53 bits per heavy atom. The third kappa shape index (κ3) is 36.3. The van der Waals surface area contributed by atoms with Gasteiger partial charge in [0.05, 0.1) is 26.4 Å². The topological polar surface area (TPSA) is 178 Å². The lowest BCUT2D eigenvalue weighted by atomic mass is 9.99. The Bertz CT molecular complexity index is 1470. The van der Waals surface area contributed by atoms with Crippen LogP contribution in [0.15, 0.2) is 85.1 Å². The van der Waals surface area contributed by atoms with Crippen LogP contribution in [-0.4, -0.2) is 97.5 Å². The number of esters is 1. The lowest BCUT2D eigenvalue weighted by Gasteiger charge is -2.41. The van der Waals surface area contributed by atoms with Crippen LogP contribution in [0.1, 0.15) is 181 Å². The zero-order chi connectivity index (χ0) is 48.2. The number of carbonyl (C=O) groups excluding carboxylic acids is 1. The SMILES string of the molecule is CC/C=C\C/C=C\C/C=C\C/C=C\C/C=C\CCOCC(COC1OC(CO)C(O)C(OS(=O)(=O)O)C1O)OC(=O)CCCCCCCCCCCCC/C=C\C/C=C\CCCCCCC. The minimum atomic E-state index is -5.08. The van der Waals surface area contributed by atoms with Crippen LogP contribution in [0.25, 0.3) is 0 Å². The third-order valence-electron chi connectivity index (χ3n) is 11.0. The molecule has 0 aromatic rings. The summed E-state index contributed by atoms with van der Waals surface area (Å²) >= 11 is 0. The summed E-state index contributed by atoms with van der Waals surface area (Å²) in [4.78, 5) is 12.9. The Labute approximate surface area is 400 Å². The Morgan fingerprint density at radius 1 is 0.591 bits per heavy atom. The molecule has 4 N–H and O–H groups in total. The van der Waals surface area contributed by atoms with Crippen molar-refractivity contribution in [1.82, 2.24) is 0 Å². The number of rotatable bonds is 43.